The smallest absolute Gasteiger partial charge is 0.243 e. The molecule has 0 aliphatic carbocycles. The highest BCUT2D eigenvalue weighted by molar-refractivity contribution is 7.98. The lowest BCUT2D eigenvalue weighted by Crippen LogP contribution is -2.27. The molecule has 0 bridgehead atoms. The van der Waals surface area contributed by atoms with E-state index >= 15 is 0 Å². The Hall–Kier alpha value is -2.04. The Morgan fingerprint density at radius 1 is 1.03 bits per heavy atom. The average molecular weight is 470 g/mol. The fourth-order valence-electron chi connectivity index (χ4n) is 3.71. The van der Waals surface area contributed by atoms with Crippen LogP contribution in [-0.2, 0) is 15.8 Å². The summed E-state index contributed by atoms with van der Waals surface area (Å²) in [5.74, 6) is -3.10. The second-order valence-corrected chi connectivity index (χ2v) is 10.6. The van der Waals surface area contributed by atoms with E-state index in [1.165, 1.54) is 16.1 Å². The minimum absolute atomic E-state index is 0.00309. The molecule has 0 radical (unpaired) electrons. The first-order valence-electron chi connectivity index (χ1n) is 9.97. The third-order valence-electron chi connectivity index (χ3n) is 5.29. The molecule has 3 aromatic rings. The SMILES string of the molecule is CC(C)n1c(SCc2cc(F)c(F)cc2F)nc2cc(S(=O)(=O)N3CCCC3)ccc21. The van der Waals surface area contributed by atoms with E-state index in [1.807, 2.05) is 18.4 Å². The van der Waals surface area contributed by atoms with Gasteiger partial charge in [-0.2, -0.15) is 4.31 Å². The maximum atomic E-state index is 14.0. The molecule has 0 spiro atoms. The van der Waals surface area contributed by atoms with Crippen LogP contribution in [0.4, 0.5) is 13.2 Å². The van der Waals surface area contributed by atoms with Gasteiger partial charge in [0.05, 0.1) is 15.9 Å². The first kappa shape index (κ1) is 22.2. The van der Waals surface area contributed by atoms with Gasteiger partial charge in [0, 0.05) is 36.5 Å². The van der Waals surface area contributed by atoms with Gasteiger partial charge in [-0.15, -0.1) is 0 Å². The maximum absolute atomic E-state index is 14.0. The van der Waals surface area contributed by atoms with Crippen LogP contribution in [0.15, 0.2) is 40.4 Å². The van der Waals surface area contributed by atoms with Gasteiger partial charge in [0.15, 0.2) is 16.8 Å². The molecule has 0 N–H and O–H groups in total. The van der Waals surface area contributed by atoms with E-state index in [2.05, 4.69) is 4.98 Å². The van der Waals surface area contributed by atoms with E-state index in [9.17, 15) is 21.6 Å². The molecule has 1 fully saturated rings. The first-order chi connectivity index (χ1) is 14.7. The zero-order valence-corrected chi connectivity index (χ0v) is 18.7. The second kappa shape index (κ2) is 8.48. The Morgan fingerprint density at radius 2 is 1.71 bits per heavy atom. The monoisotopic (exact) mass is 469 g/mol. The normalized spacial score (nSPS) is 15.4. The van der Waals surface area contributed by atoms with Gasteiger partial charge in [-0.05, 0) is 51.0 Å². The minimum Gasteiger partial charge on any atom is -0.316 e. The van der Waals surface area contributed by atoms with Crippen molar-refractivity contribution < 1.29 is 21.6 Å². The topological polar surface area (TPSA) is 55.2 Å². The van der Waals surface area contributed by atoms with Crippen molar-refractivity contribution in [3.8, 4) is 0 Å². The number of thioether (sulfide) groups is 1. The number of halogens is 3. The summed E-state index contributed by atoms with van der Waals surface area (Å²) in [7, 11) is -3.57. The highest BCUT2D eigenvalue weighted by atomic mass is 32.2. The highest BCUT2D eigenvalue weighted by Crippen LogP contribution is 2.32. The zero-order valence-electron chi connectivity index (χ0n) is 17.1. The number of nitrogens with zero attached hydrogens (tertiary/aromatic N) is 3. The lowest BCUT2D eigenvalue weighted by Gasteiger charge is -2.16. The molecule has 31 heavy (non-hydrogen) atoms. The molecule has 0 amide bonds. The van der Waals surface area contributed by atoms with Crippen LogP contribution in [0.3, 0.4) is 0 Å². The third kappa shape index (κ3) is 4.20. The molecule has 166 valence electrons. The number of fused-ring (bicyclic) bond motifs is 1. The minimum atomic E-state index is -3.57. The molecular formula is C21H22F3N3O2S2. The summed E-state index contributed by atoms with van der Waals surface area (Å²) >= 11 is 1.18. The number of hydrogen-bond acceptors (Lipinski definition) is 4. The van der Waals surface area contributed by atoms with Gasteiger partial charge >= 0.3 is 0 Å². The molecule has 1 aromatic heterocycles. The Morgan fingerprint density at radius 3 is 2.39 bits per heavy atom. The number of imidazole rings is 1. The molecule has 2 aromatic carbocycles. The highest BCUT2D eigenvalue weighted by Gasteiger charge is 2.28. The Bertz CT molecular complexity index is 1240. The molecule has 4 rings (SSSR count). The number of benzene rings is 2. The predicted octanol–water partition coefficient (Wildman–Crippen LogP) is 5.11. The summed E-state index contributed by atoms with van der Waals surface area (Å²) in [6, 6.07) is 6.26. The molecule has 1 aliphatic rings. The van der Waals surface area contributed by atoms with Gasteiger partial charge in [0.1, 0.15) is 5.82 Å². The summed E-state index contributed by atoms with van der Waals surface area (Å²) in [6.07, 6.45) is 1.70. The van der Waals surface area contributed by atoms with Gasteiger partial charge in [0.25, 0.3) is 0 Å². The standard InChI is InChI=1S/C21H22F3N3O2S2/c1-13(2)27-20-6-5-15(31(28,29)26-7-3-4-8-26)10-19(20)25-21(27)30-12-14-9-17(23)18(24)11-16(14)22/h5-6,9-11,13H,3-4,7-8,12H2,1-2H3. The van der Waals surface area contributed by atoms with Crippen molar-refractivity contribution in [2.24, 2.45) is 0 Å². The van der Waals surface area contributed by atoms with Crippen molar-refractivity contribution in [2.45, 2.75) is 48.5 Å². The van der Waals surface area contributed by atoms with Crippen LogP contribution in [0.2, 0.25) is 0 Å². The number of sulfonamides is 1. The van der Waals surface area contributed by atoms with E-state index in [4.69, 9.17) is 0 Å². The summed E-state index contributed by atoms with van der Waals surface area (Å²) in [4.78, 5) is 4.77. The molecule has 2 heterocycles. The summed E-state index contributed by atoms with van der Waals surface area (Å²) < 4.78 is 69.9. The largest absolute Gasteiger partial charge is 0.316 e. The lowest BCUT2D eigenvalue weighted by molar-refractivity contribution is 0.477. The Labute approximate surface area is 183 Å². The molecule has 5 nitrogen and oxygen atoms in total. The molecule has 1 aliphatic heterocycles. The quantitative estimate of drug-likeness (QED) is 0.372. The zero-order chi connectivity index (χ0) is 22.3. The van der Waals surface area contributed by atoms with Crippen molar-refractivity contribution in [3.05, 3.63) is 53.3 Å². The average Bonchev–Trinajstić information content (AvgIpc) is 3.37. The Balaban J connectivity index is 1.69. The van der Waals surface area contributed by atoms with Gasteiger partial charge in [0.2, 0.25) is 10.0 Å². The van der Waals surface area contributed by atoms with Crippen LogP contribution in [0, 0.1) is 17.5 Å². The van der Waals surface area contributed by atoms with Crippen LogP contribution < -0.4 is 0 Å². The second-order valence-electron chi connectivity index (χ2n) is 7.77. The van der Waals surface area contributed by atoms with Gasteiger partial charge in [-0.1, -0.05) is 11.8 Å². The summed E-state index contributed by atoms with van der Waals surface area (Å²) in [5, 5.41) is 0.546. The molecular weight excluding hydrogens is 447 g/mol. The van der Waals surface area contributed by atoms with Crippen molar-refractivity contribution in [3.63, 3.8) is 0 Å². The summed E-state index contributed by atoms with van der Waals surface area (Å²) in [6.45, 7) is 4.94. The van der Waals surface area contributed by atoms with Crippen LogP contribution in [0.5, 0.6) is 0 Å². The maximum Gasteiger partial charge on any atom is 0.243 e. The Kier molecular flexibility index (Phi) is 6.06. The van der Waals surface area contributed by atoms with E-state index in [-0.39, 0.29) is 22.3 Å². The van der Waals surface area contributed by atoms with Crippen molar-refractivity contribution in [1.82, 2.24) is 13.9 Å². The van der Waals surface area contributed by atoms with Crippen molar-refractivity contribution >= 4 is 32.8 Å². The number of aromatic nitrogens is 2. The van der Waals surface area contributed by atoms with Crippen LogP contribution >= 0.6 is 11.8 Å². The molecule has 0 unspecified atom stereocenters. The molecule has 0 atom stereocenters. The van der Waals surface area contributed by atoms with E-state index in [1.54, 1.807) is 18.2 Å². The van der Waals surface area contributed by atoms with Crippen molar-refractivity contribution in [2.75, 3.05) is 13.1 Å². The van der Waals surface area contributed by atoms with Gasteiger partial charge < -0.3 is 4.57 Å². The van der Waals surface area contributed by atoms with E-state index in [0.29, 0.717) is 29.8 Å². The van der Waals surface area contributed by atoms with Crippen LogP contribution in [-0.4, -0.2) is 35.4 Å². The van der Waals surface area contributed by atoms with Crippen LogP contribution in [0.1, 0.15) is 38.3 Å². The molecule has 10 heteroatoms. The van der Waals surface area contributed by atoms with Gasteiger partial charge in [-0.3, -0.25) is 0 Å². The van der Waals surface area contributed by atoms with Crippen molar-refractivity contribution in [1.29, 1.82) is 0 Å². The fraction of sp³-hybridized carbons (Fsp3) is 0.381. The number of rotatable bonds is 6. The third-order valence-corrected chi connectivity index (χ3v) is 8.19. The fourth-order valence-corrected chi connectivity index (χ4v) is 6.37. The lowest BCUT2D eigenvalue weighted by atomic mass is 10.2. The van der Waals surface area contributed by atoms with E-state index < -0.39 is 27.5 Å². The predicted molar refractivity (Wildman–Crippen MR) is 114 cm³/mol. The van der Waals surface area contributed by atoms with E-state index in [0.717, 1.165) is 24.4 Å². The molecule has 0 saturated carbocycles. The first-order valence-corrected chi connectivity index (χ1v) is 12.4. The summed E-state index contributed by atoms with van der Waals surface area (Å²) in [5.41, 5.74) is 1.30. The number of hydrogen-bond donors (Lipinski definition) is 0. The van der Waals surface area contributed by atoms with Gasteiger partial charge in [-0.25, -0.2) is 26.6 Å². The molecule has 1 saturated heterocycles. The van der Waals surface area contributed by atoms with Crippen LogP contribution in [0.25, 0.3) is 11.0 Å².